The van der Waals surface area contributed by atoms with Crippen molar-refractivity contribution in [3.8, 4) is 0 Å². The van der Waals surface area contributed by atoms with Gasteiger partial charge in [0.2, 0.25) is 0 Å². The van der Waals surface area contributed by atoms with Crippen molar-refractivity contribution in [2.75, 3.05) is 49.6 Å². The second kappa shape index (κ2) is 7.50. The number of benzene rings is 2. The Balaban J connectivity index is 1.47. The number of anilines is 2. The number of imidazole rings is 1. The number of H-pyrrole nitrogens is 1. The summed E-state index contributed by atoms with van der Waals surface area (Å²) in [7, 11) is 2.16. The third kappa shape index (κ3) is 3.36. The van der Waals surface area contributed by atoms with Crippen LogP contribution in [0.2, 0.25) is 0 Å². The van der Waals surface area contributed by atoms with E-state index in [1.165, 1.54) is 5.69 Å². The number of fused-ring (bicyclic) bond motifs is 1. The smallest absolute Gasteiger partial charge is 0.187 e. The standard InChI is InChI=1S/C22H25N5O2/c1-25-7-9-26(10-8-25)17-4-2-3-16(11-17)21-14-29-22(13-28)27(21)18-5-6-19-20(12-18)24-15-23-19/h2-6,11-13,15,21-22H,7-10,14H2,1H3,(H,23,24). The summed E-state index contributed by atoms with van der Waals surface area (Å²) in [5.41, 5.74) is 5.20. The molecule has 2 atom stereocenters. The summed E-state index contributed by atoms with van der Waals surface area (Å²) in [5, 5.41) is 0. The lowest BCUT2D eigenvalue weighted by Crippen LogP contribution is -2.44. The van der Waals surface area contributed by atoms with Crippen LogP contribution in [-0.4, -0.2) is 67.2 Å². The van der Waals surface area contributed by atoms with Crippen molar-refractivity contribution < 1.29 is 9.53 Å². The van der Waals surface area contributed by atoms with Crippen LogP contribution in [-0.2, 0) is 9.53 Å². The molecule has 3 heterocycles. The number of carbonyl (C=O) groups is 1. The Kier molecular flexibility index (Phi) is 4.69. The van der Waals surface area contributed by atoms with Crippen molar-refractivity contribution in [2.45, 2.75) is 12.3 Å². The molecule has 5 rings (SSSR count). The van der Waals surface area contributed by atoms with Gasteiger partial charge >= 0.3 is 0 Å². The van der Waals surface area contributed by atoms with Crippen LogP contribution in [0.15, 0.2) is 48.8 Å². The van der Waals surface area contributed by atoms with Gasteiger partial charge in [-0.2, -0.15) is 0 Å². The van der Waals surface area contributed by atoms with Crippen molar-refractivity contribution in [3.63, 3.8) is 0 Å². The zero-order valence-electron chi connectivity index (χ0n) is 16.5. The van der Waals surface area contributed by atoms with Gasteiger partial charge in [-0.3, -0.25) is 4.79 Å². The summed E-state index contributed by atoms with van der Waals surface area (Å²) in [6.45, 7) is 4.67. The van der Waals surface area contributed by atoms with Crippen LogP contribution in [0.3, 0.4) is 0 Å². The van der Waals surface area contributed by atoms with Crippen molar-refractivity contribution >= 4 is 28.7 Å². The van der Waals surface area contributed by atoms with Crippen LogP contribution >= 0.6 is 0 Å². The molecular weight excluding hydrogens is 366 g/mol. The SMILES string of the molecule is CN1CCN(c2cccc(C3COC(C=O)N3c3ccc4nc[nH]c4c3)c2)CC1. The van der Waals surface area contributed by atoms with Crippen LogP contribution in [0.25, 0.3) is 11.0 Å². The molecule has 2 fully saturated rings. The van der Waals surface area contributed by atoms with Gasteiger partial charge in [-0.1, -0.05) is 12.1 Å². The normalized spacial score (nSPS) is 23.1. The van der Waals surface area contributed by atoms with Gasteiger partial charge in [-0.05, 0) is 42.9 Å². The van der Waals surface area contributed by atoms with E-state index in [0.717, 1.165) is 54.7 Å². The van der Waals surface area contributed by atoms with Gasteiger partial charge in [0.15, 0.2) is 12.5 Å². The van der Waals surface area contributed by atoms with Gasteiger partial charge in [0, 0.05) is 37.6 Å². The van der Waals surface area contributed by atoms with Gasteiger partial charge in [0.25, 0.3) is 0 Å². The minimum Gasteiger partial charge on any atom is -0.369 e. The molecule has 0 amide bonds. The summed E-state index contributed by atoms with van der Waals surface area (Å²) in [4.78, 5) is 26.0. The molecule has 3 aromatic rings. The minimum atomic E-state index is -0.590. The summed E-state index contributed by atoms with van der Waals surface area (Å²) >= 11 is 0. The summed E-state index contributed by atoms with van der Waals surface area (Å²) in [6.07, 6.45) is 1.97. The maximum atomic E-state index is 11.7. The molecule has 0 aliphatic carbocycles. The third-order valence-corrected chi connectivity index (χ3v) is 5.98. The molecule has 2 saturated heterocycles. The summed E-state index contributed by atoms with van der Waals surface area (Å²) in [5.74, 6) is 0. The minimum absolute atomic E-state index is 0.0158. The van der Waals surface area contributed by atoms with E-state index in [-0.39, 0.29) is 6.04 Å². The van der Waals surface area contributed by atoms with Crippen LogP contribution in [0.1, 0.15) is 11.6 Å². The zero-order chi connectivity index (χ0) is 19.8. The Morgan fingerprint density at radius 2 is 1.97 bits per heavy atom. The average molecular weight is 391 g/mol. The number of piperazine rings is 1. The van der Waals surface area contributed by atoms with Crippen molar-refractivity contribution in [3.05, 3.63) is 54.4 Å². The van der Waals surface area contributed by atoms with E-state index in [1.54, 1.807) is 6.33 Å². The Hall–Kier alpha value is -2.90. The Morgan fingerprint density at radius 3 is 2.79 bits per heavy atom. The predicted molar refractivity (Wildman–Crippen MR) is 113 cm³/mol. The van der Waals surface area contributed by atoms with Crippen LogP contribution in [0.5, 0.6) is 0 Å². The molecule has 0 bridgehead atoms. The van der Waals surface area contributed by atoms with E-state index in [9.17, 15) is 4.79 Å². The van der Waals surface area contributed by atoms with Gasteiger partial charge in [-0.15, -0.1) is 0 Å². The molecule has 1 aromatic heterocycles. The van der Waals surface area contributed by atoms with Crippen molar-refractivity contribution in [2.24, 2.45) is 0 Å². The van der Waals surface area contributed by atoms with E-state index in [2.05, 4.69) is 56.0 Å². The first-order chi connectivity index (χ1) is 14.2. The van der Waals surface area contributed by atoms with E-state index in [1.807, 2.05) is 18.2 Å². The van der Waals surface area contributed by atoms with Gasteiger partial charge in [-0.25, -0.2) is 4.98 Å². The lowest BCUT2D eigenvalue weighted by Gasteiger charge is -2.35. The Labute approximate surface area is 169 Å². The second-order valence-corrected chi connectivity index (χ2v) is 7.77. The molecule has 2 aliphatic rings. The lowest BCUT2D eigenvalue weighted by atomic mass is 10.0. The number of rotatable bonds is 4. The monoisotopic (exact) mass is 391 g/mol. The van der Waals surface area contributed by atoms with Crippen molar-refractivity contribution in [1.82, 2.24) is 14.9 Å². The Morgan fingerprint density at radius 1 is 1.10 bits per heavy atom. The molecule has 7 nitrogen and oxygen atoms in total. The van der Waals surface area contributed by atoms with Gasteiger partial charge < -0.3 is 24.4 Å². The van der Waals surface area contributed by atoms with Crippen LogP contribution in [0, 0.1) is 0 Å². The van der Waals surface area contributed by atoms with E-state index < -0.39 is 6.23 Å². The molecule has 2 unspecified atom stereocenters. The first kappa shape index (κ1) is 18.1. The average Bonchev–Trinajstić information content (AvgIpc) is 3.40. The van der Waals surface area contributed by atoms with Gasteiger partial charge in [0.05, 0.1) is 30.0 Å². The number of ether oxygens (including phenoxy) is 1. The molecule has 2 aromatic carbocycles. The second-order valence-electron chi connectivity index (χ2n) is 7.77. The fourth-order valence-electron chi connectivity index (χ4n) is 4.29. The number of carbonyl (C=O) groups excluding carboxylic acids is 1. The number of hydrogen-bond donors (Lipinski definition) is 1. The van der Waals surface area contributed by atoms with Crippen LogP contribution < -0.4 is 9.80 Å². The molecule has 29 heavy (non-hydrogen) atoms. The van der Waals surface area contributed by atoms with Crippen molar-refractivity contribution in [1.29, 1.82) is 0 Å². The van der Waals surface area contributed by atoms with E-state index in [4.69, 9.17) is 4.74 Å². The largest absolute Gasteiger partial charge is 0.369 e. The predicted octanol–water partition coefficient (Wildman–Crippen LogP) is 2.42. The maximum absolute atomic E-state index is 11.7. The van der Waals surface area contributed by atoms with Crippen LogP contribution in [0.4, 0.5) is 11.4 Å². The first-order valence-corrected chi connectivity index (χ1v) is 10.0. The topological polar surface area (TPSA) is 64.7 Å². The highest BCUT2D eigenvalue weighted by atomic mass is 16.5. The number of aromatic amines is 1. The lowest BCUT2D eigenvalue weighted by molar-refractivity contribution is -0.115. The fourth-order valence-corrected chi connectivity index (χ4v) is 4.29. The number of nitrogens with zero attached hydrogens (tertiary/aromatic N) is 4. The number of aromatic nitrogens is 2. The maximum Gasteiger partial charge on any atom is 0.187 e. The molecule has 2 aliphatic heterocycles. The molecule has 7 heteroatoms. The number of likely N-dealkylation sites (N-methyl/N-ethyl adjacent to an activating group) is 1. The summed E-state index contributed by atoms with van der Waals surface area (Å²) in [6, 6.07) is 14.6. The highest BCUT2D eigenvalue weighted by Gasteiger charge is 2.36. The Bertz CT molecular complexity index is 1010. The molecule has 0 saturated carbocycles. The van der Waals surface area contributed by atoms with E-state index in [0.29, 0.717) is 6.61 Å². The highest BCUT2D eigenvalue weighted by molar-refractivity contribution is 5.80. The van der Waals surface area contributed by atoms with E-state index >= 15 is 0 Å². The molecular formula is C22H25N5O2. The number of aldehydes is 1. The molecule has 0 radical (unpaired) electrons. The number of hydrogen-bond acceptors (Lipinski definition) is 6. The quantitative estimate of drug-likeness (QED) is 0.689. The summed E-state index contributed by atoms with van der Waals surface area (Å²) < 4.78 is 5.84. The first-order valence-electron chi connectivity index (χ1n) is 10.0. The third-order valence-electron chi connectivity index (χ3n) is 5.98. The van der Waals surface area contributed by atoms with Gasteiger partial charge in [0.1, 0.15) is 0 Å². The molecule has 0 spiro atoms. The molecule has 150 valence electrons. The zero-order valence-corrected chi connectivity index (χ0v) is 16.5. The number of nitrogens with one attached hydrogen (secondary N) is 1. The fraction of sp³-hybridized carbons (Fsp3) is 0.364. The highest BCUT2D eigenvalue weighted by Crippen LogP contribution is 2.37. The molecule has 1 N–H and O–H groups in total.